The Morgan fingerprint density at radius 2 is 1.73 bits per heavy atom. The van der Waals surface area contributed by atoms with Crippen LogP contribution < -0.4 is 16.4 Å². The van der Waals surface area contributed by atoms with Crippen molar-refractivity contribution in [3.05, 3.63) is 72.7 Å². The molecule has 4 N–H and O–H groups in total. The van der Waals surface area contributed by atoms with Gasteiger partial charge in [0.25, 0.3) is 0 Å². The molecule has 0 saturated carbocycles. The number of ether oxygens (including phenoxy) is 1. The second kappa shape index (κ2) is 8.44. The summed E-state index contributed by atoms with van der Waals surface area (Å²) in [7, 11) is 0. The molecule has 0 bridgehead atoms. The van der Waals surface area contributed by atoms with E-state index in [0.29, 0.717) is 29.5 Å². The van der Waals surface area contributed by atoms with Crippen molar-refractivity contribution in [1.29, 1.82) is 0 Å². The summed E-state index contributed by atoms with van der Waals surface area (Å²) in [6, 6.07) is 16.5. The molecule has 0 atom stereocenters. The maximum absolute atomic E-state index is 11.8. The number of rotatable bonds is 6. The van der Waals surface area contributed by atoms with Crippen LogP contribution in [-0.4, -0.2) is 27.5 Å². The molecular formula is C22H20N6O2. The lowest BCUT2D eigenvalue weighted by Gasteiger charge is -2.14. The number of hydrogen-bond acceptors (Lipinski definition) is 8. The zero-order chi connectivity index (χ0) is 20.9. The lowest BCUT2D eigenvalue weighted by molar-refractivity contribution is 0.0526. The van der Waals surface area contributed by atoms with E-state index in [0.717, 1.165) is 22.3 Å². The van der Waals surface area contributed by atoms with Crippen molar-refractivity contribution in [2.75, 3.05) is 23.0 Å². The number of aromatic nitrogens is 3. The van der Waals surface area contributed by atoms with Crippen molar-refractivity contribution >= 4 is 45.6 Å². The molecular weight excluding hydrogens is 380 g/mol. The van der Waals surface area contributed by atoms with Crippen LogP contribution in [0.15, 0.2) is 67.1 Å². The van der Waals surface area contributed by atoms with Crippen molar-refractivity contribution in [2.24, 2.45) is 0 Å². The minimum atomic E-state index is -0.360. The Morgan fingerprint density at radius 3 is 2.50 bits per heavy atom. The molecule has 0 amide bonds. The average Bonchev–Trinajstić information content (AvgIpc) is 2.77. The van der Waals surface area contributed by atoms with Gasteiger partial charge in [0.05, 0.1) is 17.7 Å². The topological polar surface area (TPSA) is 115 Å². The van der Waals surface area contributed by atoms with Gasteiger partial charge in [-0.05, 0) is 55.5 Å². The number of pyridine rings is 1. The minimum absolute atomic E-state index is 0.332. The summed E-state index contributed by atoms with van der Waals surface area (Å²) >= 11 is 0. The molecule has 0 aliphatic carbocycles. The maximum Gasteiger partial charge on any atom is 0.338 e. The highest BCUT2D eigenvalue weighted by Gasteiger charge is 2.11. The third-order valence-corrected chi connectivity index (χ3v) is 4.44. The molecule has 0 unspecified atom stereocenters. The molecule has 4 rings (SSSR count). The van der Waals surface area contributed by atoms with Crippen molar-refractivity contribution in [2.45, 2.75) is 6.92 Å². The van der Waals surface area contributed by atoms with E-state index in [9.17, 15) is 4.79 Å². The average molecular weight is 400 g/mol. The summed E-state index contributed by atoms with van der Waals surface area (Å²) in [6.45, 7) is 2.10. The lowest BCUT2D eigenvalue weighted by Crippen LogP contribution is -2.06. The van der Waals surface area contributed by atoms with Gasteiger partial charge in [-0.3, -0.25) is 4.98 Å². The van der Waals surface area contributed by atoms with Crippen LogP contribution in [0.1, 0.15) is 17.3 Å². The molecule has 2 heterocycles. The van der Waals surface area contributed by atoms with Crippen LogP contribution in [0.3, 0.4) is 0 Å². The van der Waals surface area contributed by atoms with Gasteiger partial charge in [-0.1, -0.05) is 6.07 Å². The Labute approximate surface area is 173 Å². The number of carbonyl (C=O) groups excluding carboxylic acids is 1. The molecule has 8 nitrogen and oxygen atoms in total. The summed E-state index contributed by atoms with van der Waals surface area (Å²) in [6.07, 6.45) is 3.18. The molecule has 0 spiro atoms. The van der Waals surface area contributed by atoms with Crippen molar-refractivity contribution < 1.29 is 9.53 Å². The van der Waals surface area contributed by atoms with Gasteiger partial charge in [0, 0.05) is 23.0 Å². The fourth-order valence-corrected chi connectivity index (χ4v) is 2.98. The van der Waals surface area contributed by atoms with Gasteiger partial charge in [0.15, 0.2) is 11.6 Å². The first kappa shape index (κ1) is 19.1. The van der Waals surface area contributed by atoms with Crippen LogP contribution in [0, 0.1) is 0 Å². The summed E-state index contributed by atoms with van der Waals surface area (Å²) in [5.41, 5.74) is 9.59. The molecule has 150 valence electrons. The first-order valence-corrected chi connectivity index (χ1v) is 9.41. The highest BCUT2D eigenvalue weighted by Crippen LogP contribution is 2.30. The van der Waals surface area contributed by atoms with Crippen LogP contribution in [0.2, 0.25) is 0 Å². The molecule has 0 radical (unpaired) electrons. The molecule has 2 aromatic heterocycles. The fourth-order valence-electron chi connectivity index (χ4n) is 2.98. The molecule has 0 fully saturated rings. The lowest BCUT2D eigenvalue weighted by atomic mass is 10.2. The smallest absolute Gasteiger partial charge is 0.338 e. The number of benzene rings is 2. The second-order valence-electron chi connectivity index (χ2n) is 6.41. The fraction of sp³-hybridized carbons (Fsp3) is 0.0909. The van der Waals surface area contributed by atoms with Crippen molar-refractivity contribution in [3.63, 3.8) is 0 Å². The van der Waals surface area contributed by atoms with E-state index in [1.807, 2.05) is 30.3 Å². The summed E-state index contributed by atoms with van der Waals surface area (Å²) in [5.74, 6) is 0.573. The Morgan fingerprint density at radius 1 is 0.967 bits per heavy atom. The Bertz CT molecular complexity index is 1190. The van der Waals surface area contributed by atoms with E-state index in [-0.39, 0.29) is 5.97 Å². The van der Waals surface area contributed by atoms with Gasteiger partial charge in [-0.15, -0.1) is 0 Å². The number of hydrogen-bond donors (Lipinski definition) is 3. The Hall–Kier alpha value is -4.20. The van der Waals surface area contributed by atoms with E-state index < -0.39 is 0 Å². The van der Waals surface area contributed by atoms with Crippen LogP contribution in [0.5, 0.6) is 0 Å². The monoisotopic (exact) mass is 400 g/mol. The van der Waals surface area contributed by atoms with Gasteiger partial charge >= 0.3 is 5.97 Å². The predicted molar refractivity (Wildman–Crippen MR) is 117 cm³/mol. The quantitative estimate of drug-likeness (QED) is 0.411. The molecule has 8 heteroatoms. The largest absolute Gasteiger partial charge is 0.462 e. The maximum atomic E-state index is 11.8. The van der Waals surface area contributed by atoms with E-state index >= 15 is 0 Å². The summed E-state index contributed by atoms with van der Waals surface area (Å²) < 4.78 is 5.00. The third kappa shape index (κ3) is 3.97. The zero-order valence-electron chi connectivity index (χ0n) is 16.3. The number of nitrogens with one attached hydrogen (secondary N) is 2. The van der Waals surface area contributed by atoms with Gasteiger partial charge < -0.3 is 21.1 Å². The number of nitrogens with two attached hydrogens (primary N) is 1. The van der Waals surface area contributed by atoms with E-state index in [1.165, 1.54) is 6.33 Å². The van der Waals surface area contributed by atoms with Crippen LogP contribution >= 0.6 is 0 Å². The molecule has 0 aliphatic rings. The predicted octanol–water partition coefficient (Wildman–Crippen LogP) is 4.27. The van der Waals surface area contributed by atoms with Crippen LogP contribution in [0.25, 0.3) is 10.9 Å². The number of anilines is 5. The number of esters is 1. The van der Waals surface area contributed by atoms with Crippen molar-refractivity contribution in [1.82, 2.24) is 15.0 Å². The van der Waals surface area contributed by atoms with Gasteiger partial charge in [-0.25, -0.2) is 14.8 Å². The van der Waals surface area contributed by atoms with Gasteiger partial charge in [-0.2, -0.15) is 0 Å². The second-order valence-corrected chi connectivity index (χ2v) is 6.41. The first-order chi connectivity index (χ1) is 14.7. The van der Waals surface area contributed by atoms with Gasteiger partial charge in [0.1, 0.15) is 12.0 Å². The highest BCUT2D eigenvalue weighted by molar-refractivity contribution is 5.94. The SMILES string of the molecule is CCOC(=O)c1ccc(Nc2ncnc(Nc3cccc4ncccc34)c2N)cc1. The Balaban J connectivity index is 1.57. The van der Waals surface area contributed by atoms with E-state index in [2.05, 4.69) is 25.6 Å². The summed E-state index contributed by atoms with van der Waals surface area (Å²) in [4.78, 5) is 24.7. The number of nitrogens with zero attached hydrogens (tertiary/aromatic N) is 3. The van der Waals surface area contributed by atoms with Crippen LogP contribution in [-0.2, 0) is 4.74 Å². The summed E-state index contributed by atoms with van der Waals surface area (Å²) in [5, 5.41) is 7.38. The number of fused-ring (bicyclic) bond motifs is 1. The zero-order valence-corrected chi connectivity index (χ0v) is 16.3. The third-order valence-electron chi connectivity index (χ3n) is 4.44. The highest BCUT2D eigenvalue weighted by atomic mass is 16.5. The molecule has 30 heavy (non-hydrogen) atoms. The Kier molecular flexibility index (Phi) is 5.38. The standard InChI is InChI=1S/C22H20N6O2/c1-2-30-22(29)14-8-10-15(11-9-14)27-20-19(23)21(26-13-25-20)28-18-7-3-6-17-16(18)5-4-12-24-17/h3-13H,2,23H2,1H3,(H2,25,26,27,28). The van der Waals surface area contributed by atoms with E-state index in [4.69, 9.17) is 10.5 Å². The van der Waals surface area contributed by atoms with Crippen LogP contribution in [0.4, 0.5) is 28.7 Å². The number of carbonyl (C=O) groups is 1. The number of nitrogen functional groups attached to an aromatic ring is 1. The van der Waals surface area contributed by atoms with E-state index in [1.54, 1.807) is 37.4 Å². The minimum Gasteiger partial charge on any atom is -0.462 e. The molecule has 4 aromatic rings. The van der Waals surface area contributed by atoms with Gasteiger partial charge in [0.2, 0.25) is 0 Å². The normalized spacial score (nSPS) is 10.6. The van der Waals surface area contributed by atoms with Crippen molar-refractivity contribution in [3.8, 4) is 0 Å². The molecule has 0 saturated heterocycles. The molecule has 2 aromatic carbocycles. The first-order valence-electron chi connectivity index (χ1n) is 9.41. The molecule has 0 aliphatic heterocycles.